The van der Waals surface area contributed by atoms with Gasteiger partial charge in [-0.2, -0.15) is 0 Å². The zero-order chi connectivity index (χ0) is 23.9. The van der Waals surface area contributed by atoms with Crippen LogP contribution in [0.25, 0.3) is 17.3 Å². The summed E-state index contributed by atoms with van der Waals surface area (Å²) in [6, 6.07) is 23.5. The number of nitrogens with one attached hydrogen (secondary N) is 1. The van der Waals surface area contributed by atoms with Gasteiger partial charge >= 0.3 is 0 Å². The molecule has 0 saturated carbocycles. The highest BCUT2D eigenvalue weighted by Crippen LogP contribution is 2.37. The first-order valence-corrected chi connectivity index (χ1v) is 12.2. The summed E-state index contributed by atoms with van der Waals surface area (Å²) in [5.74, 6) is 0.931. The van der Waals surface area contributed by atoms with Crippen molar-refractivity contribution < 1.29 is 14.3 Å². The lowest BCUT2D eigenvalue weighted by Crippen LogP contribution is -2.07. The van der Waals surface area contributed by atoms with Crippen molar-refractivity contribution in [3.05, 3.63) is 99.3 Å². The second-order valence-corrected chi connectivity index (χ2v) is 9.48. The fraction of sp³-hybridized carbons (Fsp3) is 0.111. The SMILES string of the molecule is COc1cc(C=CC(=O)Nc2nc(-c3ccccc3)c(C)s2)cc(Br)c1OCc1ccccc1. The molecule has 1 N–H and O–H groups in total. The summed E-state index contributed by atoms with van der Waals surface area (Å²) < 4.78 is 12.2. The maximum atomic E-state index is 12.5. The number of rotatable bonds is 8. The van der Waals surface area contributed by atoms with Crippen LogP contribution in [0.2, 0.25) is 0 Å². The molecule has 0 radical (unpaired) electrons. The Bertz CT molecular complexity index is 1300. The summed E-state index contributed by atoms with van der Waals surface area (Å²) in [5.41, 5.74) is 3.76. The van der Waals surface area contributed by atoms with E-state index in [0.29, 0.717) is 23.2 Å². The molecular weight excluding hydrogens is 512 g/mol. The zero-order valence-electron chi connectivity index (χ0n) is 18.7. The minimum absolute atomic E-state index is 0.257. The van der Waals surface area contributed by atoms with E-state index in [0.717, 1.165) is 31.7 Å². The molecule has 5 nitrogen and oxygen atoms in total. The number of hydrogen-bond donors (Lipinski definition) is 1. The van der Waals surface area contributed by atoms with Gasteiger partial charge in [0.2, 0.25) is 5.91 Å². The Balaban J connectivity index is 1.44. The first-order chi connectivity index (χ1) is 16.5. The van der Waals surface area contributed by atoms with Gasteiger partial charge in [-0.1, -0.05) is 60.7 Å². The van der Waals surface area contributed by atoms with E-state index in [2.05, 4.69) is 26.2 Å². The number of carbonyl (C=O) groups is 1. The van der Waals surface area contributed by atoms with E-state index in [9.17, 15) is 4.79 Å². The summed E-state index contributed by atoms with van der Waals surface area (Å²) in [6.45, 7) is 2.42. The molecule has 0 bridgehead atoms. The van der Waals surface area contributed by atoms with Gasteiger partial charge < -0.3 is 9.47 Å². The van der Waals surface area contributed by atoms with Crippen LogP contribution in [0.3, 0.4) is 0 Å². The predicted molar refractivity (Wildman–Crippen MR) is 141 cm³/mol. The van der Waals surface area contributed by atoms with E-state index in [1.165, 1.54) is 17.4 Å². The van der Waals surface area contributed by atoms with Crippen LogP contribution >= 0.6 is 27.3 Å². The van der Waals surface area contributed by atoms with Crippen molar-refractivity contribution in [3.63, 3.8) is 0 Å². The van der Waals surface area contributed by atoms with Crippen LogP contribution in [0.4, 0.5) is 5.13 Å². The van der Waals surface area contributed by atoms with Gasteiger partial charge in [0.15, 0.2) is 16.6 Å². The number of benzene rings is 3. The molecule has 0 aliphatic heterocycles. The third-order valence-corrected chi connectivity index (χ3v) is 6.45. The molecular formula is C27H23BrN2O3S. The number of anilines is 1. The van der Waals surface area contributed by atoms with Gasteiger partial charge in [-0.05, 0) is 52.2 Å². The van der Waals surface area contributed by atoms with Crippen LogP contribution < -0.4 is 14.8 Å². The lowest BCUT2D eigenvalue weighted by Gasteiger charge is -2.13. The van der Waals surface area contributed by atoms with Gasteiger partial charge in [0.25, 0.3) is 0 Å². The summed E-state index contributed by atoms with van der Waals surface area (Å²) in [4.78, 5) is 18.1. The smallest absolute Gasteiger partial charge is 0.250 e. The number of methoxy groups -OCH3 is 1. The van der Waals surface area contributed by atoms with Crippen LogP contribution in [0.15, 0.2) is 83.3 Å². The largest absolute Gasteiger partial charge is 0.493 e. The van der Waals surface area contributed by atoms with E-state index in [4.69, 9.17) is 9.47 Å². The van der Waals surface area contributed by atoms with Crippen molar-refractivity contribution in [2.24, 2.45) is 0 Å². The molecule has 0 unspecified atom stereocenters. The Labute approximate surface area is 211 Å². The predicted octanol–water partition coefficient (Wildman–Crippen LogP) is 7.12. The maximum absolute atomic E-state index is 12.5. The minimum atomic E-state index is -0.257. The number of halogens is 1. The Morgan fingerprint density at radius 2 is 1.79 bits per heavy atom. The molecule has 1 aromatic heterocycles. The van der Waals surface area contributed by atoms with Crippen LogP contribution in [-0.4, -0.2) is 18.0 Å². The molecule has 172 valence electrons. The molecule has 0 aliphatic rings. The highest BCUT2D eigenvalue weighted by molar-refractivity contribution is 9.10. The molecule has 0 atom stereocenters. The monoisotopic (exact) mass is 534 g/mol. The fourth-order valence-corrected chi connectivity index (χ4v) is 4.75. The lowest BCUT2D eigenvalue weighted by atomic mass is 10.1. The first-order valence-electron chi connectivity index (χ1n) is 10.6. The van der Waals surface area contributed by atoms with Gasteiger partial charge in [0.05, 0.1) is 17.3 Å². The normalized spacial score (nSPS) is 10.9. The molecule has 4 aromatic rings. The summed E-state index contributed by atoms with van der Waals surface area (Å²) in [6.07, 6.45) is 3.20. The Morgan fingerprint density at radius 1 is 1.09 bits per heavy atom. The number of hydrogen-bond acceptors (Lipinski definition) is 5. The van der Waals surface area contributed by atoms with Gasteiger partial charge in [0, 0.05) is 16.5 Å². The molecule has 7 heteroatoms. The zero-order valence-corrected chi connectivity index (χ0v) is 21.2. The van der Waals surface area contributed by atoms with Crippen LogP contribution in [0.1, 0.15) is 16.0 Å². The minimum Gasteiger partial charge on any atom is -0.493 e. The van der Waals surface area contributed by atoms with Gasteiger partial charge in [-0.15, -0.1) is 11.3 Å². The van der Waals surface area contributed by atoms with Crippen LogP contribution in [0, 0.1) is 6.92 Å². The van der Waals surface area contributed by atoms with E-state index in [1.54, 1.807) is 13.2 Å². The Kier molecular flexibility index (Phi) is 7.77. The third-order valence-electron chi connectivity index (χ3n) is 4.98. The summed E-state index contributed by atoms with van der Waals surface area (Å²) >= 11 is 5.01. The summed E-state index contributed by atoms with van der Waals surface area (Å²) in [7, 11) is 1.59. The van der Waals surface area contributed by atoms with E-state index >= 15 is 0 Å². The highest BCUT2D eigenvalue weighted by atomic mass is 79.9. The van der Waals surface area contributed by atoms with E-state index in [-0.39, 0.29) is 5.91 Å². The number of thiazole rings is 1. The van der Waals surface area contributed by atoms with Crippen molar-refractivity contribution in [2.75, 3.05) is 12.4 Å². The molecule has 4 rings (SSSR count). The molecule has 0 fully saturated rings. The van der Waals surface area contributed by atoms with Crippen LogP contribution in [-0.2, 0) is 11.4 Å². The Morgan fingerprint density at radius 3 is 2.50 bits per heavy atom. The van der Waals surface area contributed by atoms with Gasteiger partial charge in [-0.3, -0.25) is 10.1 Å². The summed E-state index contributed by atoms with van der Waals surface area (Å²) in [5, 5.41) is 3.41. The molecule has 1 heterocycles. The molecule has 0 aliphatic carbocycles. The van der Waals surface area contributed by atoms with Crippen molar-refractivity contribution in [2.45, 2.75) is 13.5 Å². The van der Waals surface area contributed by atoms with E-state index in [1.807, 2.05) is 79.7 Å². The lowest BCUT2D eigenvalue weighted by molar-refractivity contribution is -0.111. The number of aromatic nitrogens is 1. The topological polar surface area (TPSA) is 60.5 Å². The average molecular weight is 535 g/mol. The number of ether oxygens (including phenoxy) is 2. The molecule has 34 heavy (non-hydrogen) atoms. The van der Waals surface area contributed by atoms with Gasteiger partial charge in [0.1, 0.15) is 6.61 Å². The second-order valence-electron chi connectivity index (χ2n) is 7.42. The van der Waals surface area contributed by atoms with E-state index < -0.39 is 0 Å². The standard InChI is InChI=1S/C27H23BrN2O3S/c1-18-25(21-11-7-4-8-12-21)30-27(34-18)29-24(31)14-13-20-15-22(28)26(23(16-20)32-2)33-17-19-9-5-3-6-10-19/h3-16H,17H2,1-2H3,(H,29,30,31). The fourth-order valence-electron chi connectivity index (χ4n) is 3.34. The third kappa shape index (κ3) is 5.92. The average Bonchev–Trinajstić information content (AvgIpc) is 3.22. The van der Waals surface area contributed by atoms with Crippen molar-refractivity contribution >= 4 is 44.4 Å². The second kappa shape index (κ2) is 11.1. The Hall–Kier alpha value is -3.42. The molecule has 0 spiro atoms. The number of carbonyl (C=O) groups excluding carboxylic acids is 1. The molecule has 1 amide bonds. The number of nitrogens with zero attached hydrogens (tertiary/aromatic N) is 1. The quantitative estimate of drug-likeness (QED) is 0.244. The maximum Gasteiger partial charge on any atom is 0.250 e. The molecule has 0 saturated heterocycles. The van der Waals surface area contributed by atoms with Crippen molar-refractivity contribution in [1.29, 1.82) is 0 Å². The van der Waals surface area contributed by atoms with Crippen molar-refractivity contribution in [3.8, 4) is 22.8 Å². The number of amides is 1. The highest BCUT2D eigenvalue weighted by Gasteiger charge is 2.13. The van der Waals surface area contributed by atoms with Crippen LogP contribution in [0.5, 0.6) is 11.5 Å². The van der Waals surface area contributed by atoms with Gasteiger partial charge in [-0.25, -0.2) is 4.98 Å². The molecule has 3 aromatic carbocycles. The van der Waals surface area contributed by atoms with Crippen molar-refractivity contribution in [1.82, 2.24) is 4.98 Å². The number of aryl methyl sites for hydroxylation is 1. The first kappa shape index (κ1) is 23.7.